The molecule has 112 valence electrons. The zero-order valence-electron chi connectivity index (χ0n) is 12.5. The highest BCUT2D eigenvalue weighted by molar-refractivity contribution is 5.95. The van der Waals surface area contributed by atoms with Crippen LogP contribution in [0.5, 0.6) is 0 Å². The minimum Gasteiger partial charge on any atom is -0.384 e. The molecule has 0 saturated heterocycles. The molecule has 0 bridgehead atoms. The van der Waals surface area contributed by atoms with Gasteiger partial charge in [0, 0.05) is 18.7 Å². The van der Waals surface area contributed by atoms with Gasteiger partial charge < -0.3 is 10.6 Å². The van der Waals surface area contributed by atoms with Crippen LogP contribution in [0.3, 0.4) is 0 Å². The Balaban J connectivity index is 3.22. The Kier molecular flexibility index (Phi) is 5.48. The number of hydrogen-bond acceptors (Lipinski definition) is 2. The van der Waals surface area contributed by atoms with E-state index < -0.39 is 11.6 Å². The number of hydrogen-bond donors (Lipinski definition) is 2. The van der Waals surface area contributed by atoms with E-state index in [4.69, 9.17) is 11.1 Å². The third kappa shape index (κ3) is 4.18. The monoisotopic (exact) mass is 283 g/mol. The van der Waals surface area contributed by atoms with Gasteiger partial charge in [-0.25, -0.2) is 8.78 Å². The third-order valence-electron chi connectivity index (χ3n) is 2.82. The third-order valence-corrected chi connectivity index (χ3v) is 2.82. The average molecular weight is 283 g/mol. The van der Waals surface area contributed by atoms with Gasteiger partial charge in [-0.1, -0.05) is 27.7 Å². The van der Waals surface area contributed by atoms with Gasteiger partial charge in [-0.15, -0.1) is 0 Å². The van der Waals surface area contributed by atoms with E-state index in [9.17, 15) is 8.78 Å². The maximum atomic E-state index is 14.2. The van der Waals surface area contributed by atoms with E-state index in [1.165, 1.54) is 0 Å². The molecule has 0 spiro atoms. The molecule has 0 radical (unpaired) electrons. The fourth-order valence-electron chi connectivity index (χ4n) is 2.16. The molecule has 0 amide bonds. The molecule has 3 N–H and O–H groups in total. The summed E-state index contributed by atoms with van der Waals surface area (Å²) in [5.41, 5.74) is 5.31. The van der Waals surface area contributed by atoms with Crippen LogP contribution in [0.4, 0.5) is 14.5 Å². The van der Waals surface area contributed by atoms with Gasteiger partial charge in [0.15, 0.2) is 0 Å². The molecular formula is C15H23F2N3. The SMILES string of the molecule is CC(C)CN(CC(C)C)c1c(F)cc(C(=N)N)cc1F. The summed E-state index contributed by atoms with van der Waals surface area (Å²) in [6.45, 7) is 9.18. The molecule has 0 aromatic heterocycles. The highest BCUT2D eigenvalue weighted by Crippen LogP contribution is 2.26. The lowest BCUT2D eigenvalue weighted by Crippen LogP contribution is -2.33. The molecule has 1 aromatic rings. The van der Waals surface area contributed by atoms with Gasteiger partial charge in [-0.2, -0.15) is 0 Å². The van der Waals surface area contributed by atoms with Crippen LogP contribution in [0.2, 0.25) is 0 Å². The molecule has 0 aliphatic rings. The summed E-state index contributed by atoms with van der Waals surface area (Å²) >= 11 is 0. The molecule has 0 aliphatic heterocycles. The second-order valence-corrected chi connectivity index (χ2v) is 5.89. The highest BCUT2D eigenvalue weighted by atomic mass is 19.1. The van der Waals surface area contributed by atoms with Gasteiger partial charge in [-0.3, -0.25) is 5.41 Å². The molecule has 0 unspecified atom stereocenters. The minimum absolute atomic E-state index is 0.0302. The zero-order valence-corrected chi connectivity index (χ0v) is 12.5. The van der Waals surface area contributed by atoms with E-state index in [1.807, 2.05) is 27.7 Å². The lowest BCUT2D eigenvalue weighted by molar-refractivity contribution is 0.517. The van der Waals surface area contributed by atoms with Crippen LogP contribution in [0.15, 0.2) is 12.1 Å². The van der Waals surface area contributed by atoms with Crippen molar-refractivity contribution >= 4 is 11.5 Å². The van der Waals surface area contributed by atoms with Crippen LogP contribution in [-0.2, 0) is 0 Å². The maximum absolute atomic E-state index is 14.2. The average Bonchev–Trinajstić information content (AvgIpc) is 2.25. The fourth-order valence-corrected chi connectivity index (χ4v) is 2.16. The summed E-state index contributed by atoms with van der Waals surface area (Å²) in [6, 6.07) is 2.24. The van der Waals surface area contributed by atoms with Crippen molar-refractivity contribution in [1.29, 1.82) is 5.41 Å². The van der Waals surface area contributed by atoms with Crippen LogP contribution in [-0.4, -0.2) is 18.9 Å². The summed E-state index contributed by atoms with van der Waals surface area (Å²) < 4.78 is 28.4. The molecule has 0 saturated carbocycles. The molecule has 0 heterocycles. The van der Waals surface area contributed by atoms with Crippen LogP contribution >= 0.6 is 0 Å². The van der Waals surface area contributed by atoms with Crippen molar-refractivity contribution in [3.63, 3.8) is 0 Å². The van der Waals surface area contributed by atoms with E-state index in [0.717, 1.165) is 12.1 Å². The Hall–Kier alpha value is -1.65. The number of amidine groups is 1. The van der Waals surface area contributed by atoms with Gasteiger partial charge in [0.1, 0.15) is 23.2 Å². The van der Waals surface area contributed by atoms with E-state index >= 15 is 0 Å². The maximum Gasteiger partial charge on any atom is 0.150 e. The van der Waals surface area contributed by atoms with E-state index in [0.29, 0.717) is 24.9 Å². The van der Waals surface area contributed by atoms with Crippen molar-refractivity contribution < 1.29 is 8.78 Å². The Bertz CT molecular complexity index is 451. The van der Waals surface area contributed by atoms with Crippen LogP contribution < -0.4 is 10.6 Å². The predicted molar refractivity (Wildman–Crippen MR) is 79.3 cm³/mol. The Morgan fingerprint density at radius 1 is 1.10 bits per heavy atom. The number of nitrogen functional groups attached to an aromatic ring is 1. The summed E-state index contributed by atoms with van der Waals surface area (Å²) in [4.78, 5) is 1.73. The number of rotatable bonds is 6. The molecule has 1 aromatic carbocycles. The fraction of sp³-hybridized carbons (Fsp3) is 0.533. The predicted octanol–water partition coefficient (Wildman–Crippen LogP) is 3.37. The quantitative estimate of drug-likeness (QED) is 0.621. The first-order valence-corrected chi connectivity index (χ1v) is 6.80. The first kappa shape index (κ1) is 16.4. The summed E-state index contributed by atoms with van der Waals surface area (Å²) in [5.74, 6) is -1.10. The minimum atomic E-state index is -0.670. The number of nitrogens with one attached hydrogen (secondary N) is 1. The van der Waals surface area contributed by atoms with E-state index in [-0.39, 0.29) is 17.1 Å². The smallest absolute Gasteiger partial charge is 0.150 e. The van der Waals surface area contributed by atoms with E-state index in [2.05, 4.69) is 0 Å². The lowest BCUT2D eigenvalue weighted by Gasteiger charge is -2.29. The van der Waals surface area contributed by atoms with Crippen molar-refractivity contribution in [2.45, 2.75) is 27.7 Å². The number of anilines is 1. The second-order valence-electron chi connectivity index (χ2n) is 5.89. The zero-order chi connectivity index (χ0) is 15.4. The second kappa shape index (κ2) is 6.68. The molecule has 20 heavy (non-hydrogen) atoms. The normalized spacial score (nSPS) is 11.2. The van der Waals surface area contributed by atoms with Gasteiger partial charge in [0.05, 0.1) is 0 Å². The van der Waals surface area contributed by atoms with Crippen LogP contribution in [0.1, 0.15) is 33.3 Å². The summed E-state index contributed by atoms with van der Waals surface area (Å²) in [6.07, 6.45) is 0. The Morgan fingerprint density at radius 3 is 1.80 bits per heavy atom. The van der Waals surface area contributed by atoms with Crippen molar-refractivity contribution in [2.24, 2.45) is 17.6 Å². The molecule has 0 atom stereocenters. The van der Waals surface area contributed by atoms with Crippen molar-refractivity contribution in [1.82, 2.24) is 0 Å². The van der Waals surface area contributed by atoms with Crippen molar-refractivity contribution in [3.8, 4) is 0 Å². The first-order valence-electron chi connectivity index (χ1n) is 6.80. The lowest BCUT2D eigenvalue weighted by atomic mass is 10.1. The number of nitrogens with two attached hydrogens (primary N) is 1. The Labute approximate surface area is 119 Å². The topological polar surface area (TPSA) is 53.1 Å². The van der Waals surface area contributed by atoms with Gasteiger partial charge in [-0.05, 0) is 24.0 Å². The first-order chi connectivity index (χ1) is 9.22. The molecular weight excluding hydrogens is 260 g/mol. The van der Waals surface area contributed by atoms with Gasteiger partial charge in [0.25, 0.3) is 0 Å². The van der Waals surface area contributed by atoms with Crippen molar-refractivity contribution in [3.05, 3.63) is 29.3 Å². The number of nitrogens with zero attached hydrogens (tertiary/aromatic N) is 1. The van der Waals surface area contributed by atoms with Crippen LogP contribution in [0, 0.1) is 28.9 Å². The molecule has 1 rings (SSSR count). The van der Waals surface area contributed by atoms with Crippen molar-refractivity contribution in [2.75, 3.05) is 18.0 Å². The van der Waals surface area contributed by atoms with Gasteiger partial charge in [0.2, 0.25) is 0 Å². The van der Waals surface area contributed by atoms with Gasteiger partial charge >= 0.3 is 0 Å². The molecule has 0 fully saturated rings. The largest absolute Gasteiger partial charge is 0.384 e. The number of benzene rings is 1. The summed E-state index contributed by atoms with van der Waals surface area (Å²) in [7, 11) is 0. The number of halogens is 2. The molecule has 0 aliphatic carbocycles. The van der Waals surface area contributed by atoms with Crippen LogP contribution in [0.25, 0.3) is 0 Å². The highest BCUT2D eigenvalue weighted by Gasteiger charge is 2.20. The molecule has 3 nitrogen and oxygen atoms in total. The van der Waals surface area contributed by atoms with E-state index in [1.54, 1.807) is 4.90 Å². The summed E-state index contributed by atoms with van der Waals surface area (Å²) in [5, 5.41) is 7.26. The molecule has 5 heteroatoms. The Morgan fingerprint density at radius 2 is 1.50 bits per heavy atom. The standard InChI is InChI=1S/C15H23F2N3/c1-9(2)7-20(8-10(3)4)14-12(16)5-11(15(18)19)6-13(14)17/h5-6,9-10H,7-8H2,1-4H3,(H3,18,19).